The molecule has 2 fully saturated rings. The number of amides is 2. The van der Waals surface area contributed by atoms with Crippen molar-refractivity contribution in [1.82, 2.24) is 0 Å². The molecule has 2 amide bonds. The highest BCUT2D eigenvalue weighted by atomic mass is 79.9. The van der Waals surface area contributed by atoms with Gasteiger partial charge in [0.15, 0.2) is 0 Å². The second-order valence-electron chi connectivity index (χ2n) is 7.54. The van der Waals surface area contributed by atoms with Gasteiger partial charge in [-0.05, 0) is 67.9 Å². The number of fused-ring (bicyclic) bond motifs is 1. The summed E-state index contributed by atoms with van der Waals surface area (Å²) in [6, 6.07) is 14.2. The molecule has 1 saturated heterocycles. The maximum Gasteiger partial charge on any atom is 0.237 e. The minimum absolute atomic E-state index is 0.0207. The second kappa shape index (κ2) is 6.66. The number of anilines is 1. The summed E-state index contributed by atoms with van der Waals surface area (Å²) in [5, 5.41) is 0. The van der Waals surface area contributed by atoms with E-state index in [9.17, 15) is 9.59 Å². The summed E-state index contributed by atoms with van der Waals surface area (Å²) in [5.41, 5.74) is 4.07. The standard InChI is InChI=1S/C22H22BrNO2/c1-13-10-17(11-14(2)20(13)23)24-21(25)18-9-8-16(12-19(18)22(24)26)15-6-4-3-5-7-15/h3-7,10-11,16,18-19H,8-9,12H2,1-2H3/t16-,18-,19+/m1/s1. The van der Waals surface area contributed by atoms with Crippen LogP contribution in [0.4, 0.5) is 5.69 Å². The van der Waals surface area contributed by atoms with E-state index in [2.05, 4.69) is 28.1 Å². The third kappa shape index (κ3) is 2.81. The number of imide groups is 1. The number of hydrogen-bond acceptors (Lipinski definition) is 2. The molecule has 0 radical (unpaired) electrons. The highest BCUT2D eigenvalue weighted by Crippen LogP contribution is 2.46. The number of carbonyl (C=O) groups is 2. The fourth-order valence-corrected chi connectivity index (χ4v) is 4.74. The Balaban J connectivity index is 1.64. The maximum atomic E-state index is 13.1. The van der Waals surface area contributed by atoms with Crippen LogP contribution in [-0.4, -0.2) is 11.8 Å². The molecule has 134 valence electrons. The number of halogens is 1. The van der Waals surface area contributed by atoms with Crippen molar-refractivity contribution in [3.8, 4) is 0 Å². The van der Waals surface area contributed by atoms with E-state index in [0.717, 1.165) is 34.9 Å². The van der Waals surface area contributed by atoms with Gasteiger partial charge in [0.05, 0.1) is 17.5 Å². The summed E-state index contributed by atoms with van der Waals surface area (Å²) >= 11 is 3.56. The molecule has 26 heavy (non-hydrogen) atoms. The van der Waals surface area contributed by atoms with Gasteiger partial charge in [0, 0.05) is 4.47 Å². The van der Waals surface area contributed by atoms with E-state index in [0.29, 0.717) is 11.6 Å². The van der Waals surface area contributed by atoms with E-state index < -0.39 is 0 Å². The lowest BCUT2D eigenvalue weighted by molar-refractivity contribution is -0.122. The van der Waals surface area contributed by atoms with Crippen molar-refractivity contribution in [2.45, 2.75) is 39.0 Å². The first kappa shape index (κ1) is 17.5. The summed E-state index contributed by atoms with van der Waals surface area (Å²) in [7, 11) is 0. The first-order valence-electron chi connectivity index (χ1n) is 9.17. The number of carbonyl (C=O) groups excluding carboxylic acids is 2. The van der Waals surface area contributed by atoms with E-state index in [1.54, 1.807) is 0 Å². The quantitative estimate of drug-likeness (QED) is 0.641. The fraction of sp³-hybridized carbons (Fsp3) is 0.364. The van der Waals surface area contributed by atoms with Crippen LogP contribution in [-0.2, 0) is 9.59 Å². The highest BCUT2D eigenvalue weighted by Gasteiger charge is 2.50. The average Bonchev–Trinajstić information content (AvgIpc) is 2.90. The zero-order valence-corrected chi connectivity index (χ0v) is 16.6. The van der Waals surface area contributed by atoms with Crippen LogP contribution in [0.1, 0.15) is 41.9 Å². The average molecular weight is 412 g/mol. The first-order chi connectivity index (χ1) is 12.5. The molecule has 0 unspecified atom stereocenters. The third-order valence-electron chi connectivity index (χ3n) is 5.88. The van der Waals surface area contributed by atoms with E-state index >= 15 is 0 Å². The van der Waals surface area contributed by atoms with Crippen LogP contribution in [0.3, 0.4) is 0 Å². The van der Waals surface area contributed by atoms with E-state index in [-0.39, 0.29) is 23.7 Å². The Hall–Kier alpha value is -1.94. The lowest BCUT2D eigenvalue weighted by atomic mass is 9.73. The Morgan fingerprint density at radius 2 is 1.54 bits per heavy atom. The highest BCUT2D eigenvalue weighted by molar-refractivity contribution is 9.10. The van der Waals surface area contributed by atoms with Crippen LogP contribution < -0.4 is 4.90 Å². The Morgan fingerprint density at radius 3 is 2.19 bits per heavy atom. The van der Waals surface area contributed by atoms with Crippen molar-refractivity contribution in [2.75, 3.05) is 4.90 Å². The van der Waals surface area contributed by atoms with Crippen molar-refractivity contribution in [3.63, 3.8) is 0 Å². The molecule has 1 aliphatic carbocycles. The number of hydrogen-bond donors (Lipinski definition) is 0. The van der Waals surface area contributed by atoms with Crippen molar-refractivity contribution < 1.29 is 9.59 Å². The zero-order chi connectivity index (χ0) is 18.4. The molecule has 4 heteroatoms. The largest absolute Gasteiger partial charge is 0.274 e. The van der Waals surface area contributed by atoms with Gasteiger partial charge in [-0.15, -0.1) is 0 Å². The van der Waals surface area contributed by atoms with Crippen LogP contribution in [0, 0.1) is 25.7 Å². The smallest absolute Gasteiger partial charge is 0.237 e. The molecule has 3 nitrogen and oxygen atoms in total. The van der Waals surface area contributed by atoms with Gasteiger partial charge in [0.1, 0.15) is 0 Å². The van der Waals surface area contributed by atoms with Gasteiger partial charge in [0.2, 0.25) is 11.8 Å². The predicted molar refractivity (Wildman–Crippen MR) is 106 cm³/mol. The van der Waals surface area contributed by atoms with Crippen molar-refractivity contribution in [3.05, 3.63) is 63.6 Å². The normalized spacial score (nSPS) is 25.5. The predicted octanol–water partition coefficient (Wildman–Crippen LogP) is 5.14. The molecule has 2 aromatic carbocycles. The van der Waals surface area contributed by atoms with Crippen LogP contribution >= 0.6 is 15.9 Å². The first-order valence-corrected chi connectivity index (χ1v) is 9.96. The van der Waals surface area contributed by atoms with Crippen LogP contribution in [0.25, 0.3) is 0 Å². The van der Waals surface area contributed by atoms with Gasteiger partial charge < -0.3 is 0 Å². The summed E-state index contributed by atoms with van der Waals surface area (Å²) in [6.45, 7) is 3.98. The third-order valence-corrected chi connectivity index (χ3v) is 7.13. The fourth-order valence-electron chi connectivity index (χ4n) is 4.51. The molecule has 1 saturated carbocycles. The van der Waals surface area contributed by atoms with Gasteiger partial charge in [0.25, 0.3) is 0 Å². The molecule has 0 N–H and O–H groups in total. The number of rotatable bonds is 2. The lowest BCUT2D eigenvalue weighted by Gasteiger charge is -2.28. The Morgan fingerprint density at radius 1 is 0.923 bits per heavy atom. The molecule has 1 heterocycles. The molecule has 2 aromatic rings. The lowest BCUT2D eigenvalue weighted by Crippen LogP contribution is -2.31. The SMILES string of the molecule is Cc1cc(N2C(=O)[C@H]3C[C@H](c4ccccc4)CC[C@H]3C2=O)cc(C)c1Br. The summed E-state index contributed by atoms with van der Waals surface area (Å²) < 4.78 is 1.03. The zero-order valence-electron chi connectivity index (χ0n) is 15.0. The van der Waals surface area contributed by atoms with Gasteiger partial charge >= 0.3 is 0 Å². The number of nitrogens with zero attached hydrogens (tertiary/aromatic N) is 1. The summed E-state index contributed by atoms with van der Waals surface area (Å²) in [4.78, 5) is 27.6. The monoisotopic (exact) mass is 411 g/mol. The van der Waals surface area contributed by atoms with Crippen LogP contribution in [0.2, 0.25) is 0 Å². The molecule has 2 aliphatic rings. The summed E-state index contributed by atoms with van der Waals surface area (Å²) in [6.07, 6.45) is 2.53. The van der Waals surface area contributed by atoms with Crippen LogP contribution in [0.15, 0.2) is 46.9 Å². The van der Waals surface area contributed by atoms with Gasteiger partial charge in [-0.1, -0.05) is 46.3 Å². The minimum Gasteiger partial charge on any atom is -0.274 e. The molecule has 4 rings (SSSR count). The number of benzene rings is 2. The number of aryl methyl sites for hydroxylation is 2. The molecule has 0 spiro atoms. The topological polar surface area (TPSA) is 37.4 Å². The van der Waals surface area contributed by atoms with E-state index in [4.69, 9.17) is 0 Å². The minimum atomic E-state index is -0.189. The van der Waals surface area contributed by atoms with Crippen LogP contribution in [0.5, 0.6) is 0 Å². The molecule has 1 aliphatic heterocycles. The van der Waals surface area contributed by atoms with Crippen molar-refractivity contribution in [1.29, 1.82) is 0 Å². The maximum absolute atomic E-state index is 13.1. The molecular weight excluding hydrogens is 390 g/mol. The van der Waals surface area contributed by atoms with Gasteiger partial charge in [-0.25, -0.2) is 0 Å². The van der Waals surface area contributed by atoms with Gasteiger partial charge in [-0.3, -0.25) is 14.5 Å². The van der Waals surface area contributed by atoms with Crippen molar-refractivity contribution in [2.24, 2.45) is 11.8 Å². The Kier molecular flexibility index (Phi) is 4.47. The Bertz CT molecular complexity index is 854. The molecule has 0 bridgehead atoms. The molecule has 0 aromatic heterocycles. The Labute approximate surface area is 162 Å². The van der Waals surface area contributed by atoms with Crippen molar-refractivity contribution >= 4 is 33.4 Å². The van der Waals surface area contributed by atoms with E-state index in [1.165, 1.54) is 10.5 Å². The summed E-state index contributed by atoms with van der Waals surface area (Å²) in [5.74, 6) is -0.0330. The van der Waals surface area contributed by atoms with E-state index in [1.807, 2.05) is 44.2 Å². The van der Waals surface area contributed by atoms with Gasteiger partial charge in [-0.2, -0.15) is 0 Å². The molecular formula is C22H22BrNO2. The second-order valence-corrected chi connectivity index (χ2v) is 8.33. The molecule has 3 atom stereocenters.